The highest BCUT2D eigenvalue weighted by molar-refractivity contribution is 9.10. The van der Waals surface area contributed by atoms with Gasteiger partial charge in [0.1, 0.15) is 5.75 Å². The second-order valence-electron chi connectivity index (χ2n) is 4.11. The van der Waals surface area contributed by atoms with Crippen LogP contribution in [0.5, 0.6) is 5.75 Å². The van der Waals surface area contributed by atoms with Gasteiger partial charge in [-0.3, -0.25) is 4.79 Å². The summed E-state index contributed by atoms with van der Waals surface area (Å²) in [5.74, 6) is -0.00625. The molecule has 2 rings (SSSR count). The Kier molecular flexibility index (Phi) is 3.89. The van der Waals surface area contributed by atoms with E-state index in [1.807, 2.05) is 0 Å². The van der Waals surface area contributed by atoms with Gasteiger partial charge in [0.25, 0.3) is 5.91 Å². The van der Waals surface area contributed by atoms with Crippen molar-refractivity contribution in [1.29, 1.82) is 0 Å². The standard InChI is InChI=1S/C13H12BrN3O3/c1-17-6-8(12(15)18)11(16-13(17)19)7-3-4-10(20-2)9(14)5-7/h3-6H,1-2H3,(H2,15,18). The van der Waals surface area contributed by atoms with Crippen LogP contribution in [-0.4, -0.2) is 22.6 Å². The van der Waals surface area contributed by atoms with Crippen molar-refractivity contribution in [3.05, 3.63) is 44.9 Å². The lowest BCUT2D eigenvalue weighted by molar-refractivity contribution is 0.1000. The average molecular weight is 338 g/mol. The van der Waals surface area contributed by atoms with E-state index in [0.29, 0.717) is 15.8 Å². The predicted octanol–water partition coefficient (Wildman–Crippen LogP) is 1.32. The van der Waals surface area contributed by atoms with Gasteiger partial charge in [0, 0.05) is 18.8 Å². The predicted molar refractivity (Wildman–Crippen MR) is 77.7 cm³/mol. The minimum atomic E-state index is -0.643. The van der Waals surface area contributed by atoms with Crippen LogP contribution in [0, 0.1) is 0 Å². The summed E-state index contributed by atoms with van der Waals surface area (Å²) in [6.07, 6.45) is 1.38. The third kappa shape index (κ3) is 2.57. The molecule has 0 unspecified atom stereocenters. The SMILES string of the molecule is COc1ccc(-c2nc(=O)n(C)cc2C(N)=O)cc1Br. The summed E-state index contributed by atoms with van der Waals surface area (Å²) in [6.45, 7) is 0. The van der Waals surface area contributed by atoms with Crippen LogP contribution in [0.1, 0.15) is 10.4 Å². The molecule has 0 saturated heterocycles. The van der Waals surface area contributed by atoms with Crippen molar-refractivity contribution in [2.75, 3.05) is 7.11 Å². The smallest absolute Gasteiger partial charge is 0.347 e. The molecule has 0 bridgehead atoms. The van der Waals surface area contributed by atoms with Gasteiger partial charge < -0.3 is 15.0 Å². The minimum absolute atomic E-state index is 0.184. The van der Waals surface area contributed by atoms with Crippen molar-refractivity contribution >= 4 is 21.8 Å². The Balaban J connectivity index is 2.68. The first-order chi connectivity index (χ1) is 9.43. The Morgan fingerprint density at radius 2 is 2.15 bits per heavy atom. The summed E-state index contributed by atoms with van der Waals surface area (Å²) in [6, 6.07) is 5.13. The van der Waals surface area contributed by atoms with Gasteiger partial charge >= 0.3 is 5.69 Å². The number of ether oxygens (including phenoxy) is 1. The summed E-state index contributed by atoms with van der Waals surface area (Å²) in [5.41, 5.74) is 5.91. The molecular weight excluding hydrogens is 326 g/mol. The molecule has 2 aromatic rings. The summed E-state index contributed by atoms with van der Waals surface area (Å²) in [7, 11) is 3.06. The number of aryl methyl sites for hydroxylation is 1. The van der Waals surface area contributed by atoms with E-state index < -0.39 is 11.6 Å². The number of carbonyl (C=O) groups excluding carboxylic acids is 1. The van der Waals surface area contributed by atoms with E-state index in [-0.39, 0.29) is 11.3 Å². The van der Waals surface area contributed by atoms with Crippen LogP contribution in [0.15, 0.2) is 33.7 Å². The third-order valence-electron chi connectivity index (χ3n) is 2.78. The number of rotatable bonds is 3. The molecule has 1 amide bonds. The Hall–Kier alpha value is -2.15. The molecule has 1 aromatic heterocycles. The number of carbonyl (C=O) groups is 1. The molecule has 0 aliphatic heterocycles. The van der Waals surface area contributed by atoms with Crippen LogP contribution in [-0.2, 0) is 7.05 Å². The molecule has 0 aliphatic carbocycles. The Morgan fingerprint density at radius 1 is 1.45 bits per heavy atom. The fraction of sp³-hybridized carbons (Fsp3) is 0.154. The number of halogens is 1. The number of benzene rings is 1. The van der Waals surface area contributed by atoms with Crippen LogP contribution in [0.3, 0.4) is 0 Å². The summed E-state index contributed by atoms with van der Waals surface area (Å²) in [4.78, 5) is 27.1. The molecule has 0 atom stereocenters. The maximum absolute atomic E-state index is 11.7. The second-order valence-corrected chi connectivity index (χ2v) is 4.96. The third-order valence-corrected chi connectivity index (χ3v) is 3.40. The van der Waals surface area contributed by atoms with Gasteiger partial charge in [0.15, 0.2) is 0 Å². The van der Waals surface area contributed by atoms with Gasteiger partial charge in [-0.15, -0.1) is 0 Å². The van der Waals surface area contributed by atoms with Crippen molar-refractivity contribution in [3.63, 3.8) is 0 Å². The van der Waals surface area contributed by atoms with Crippen LogP contribution < -0.4 is 16.2 Å². The number of aromatic nitrogens is 2. The molecule has 104 valence electrons. The van der Waals surface area contributed by atoms with Gasteiger partial charge in [-0.1, -0.05) is 0 Å². The monoisotopic (exact) mass is 337 g/mol. The molecule has 20 heavy (non-hydrogen) atoms. The Morgan fingerprint density at radius 3 is 2.70 bits per heavy atom. The largest absolute Gasteiger partial charge is 0.496 e. The van der Waals surface area contributed by atoms with Crippen molar-refractivity contribution in [3.8, 4) is 17.0 Å². The van der Waals surface area contributed by atoms with Crippen molar-refractivity contribution in [2.24, 2.45) is 12.8 Å². The topological polar surface area (TPSA) is 87.2 Å². The van der Waals surface area contributed by atoms with E-state index in [0.717, 1.165) is 0 Å². The number of primary amides is 1. The van der Waals surface area contributed by atoms with E-state index in [4.69, 9.17) is 10.5 Å². The molecule has 0 fully saturated rings. The first-order valence-corrected chi connectivity index (χ1v) is 6.44. The molecule has 6 nitrogen and oxygen atoms in total. The molecule has 1 heterocycles. The Labute approximate surface area is 123 Å². The van der Waals surface area contributed by atoms with Gasteiger partial charge in [-0.25, -0.2) is 4.79 Å². The van der Waals surface area contributed by atoms with Crippen LogP contribution in [0.2, 0.25) is 0 Å². The lowest BCUT2D eigenvalue weighted by Gasteiger charge is -2.09. The van der Waals surface area contributed by atoms with E-state index in [1.165, 1.54) is 17.8 Å². The molecule has 0 radical (unpaired) electrons. The summed E-state index contributed by atoms with van der Waals surface area (Å²) >= 11 is 3.35. The zero-order chi connectivity index (χ0) is 14.9. The van der Waals surface area contributed by atoms with E-state index in [2.05, 4.69) is 20.9 Å². The van der Waals surface area contributed by atoms with Crippen molar-refractivity contribution < 1.29 is 9.53 Å². The van der Waals surface area contributed by atoms with Gasteiger partial charge in [0.05, 0.1) is 22.8 Å². The molecule has 0 saturated carbocycles. The number of amides is 1. The summed E-state index contributed by atoms with van der Waals surface area (Å²) < 4.78 is 7.03. The highest BCUT2D eigenvalue weighted by Gasteiger charge is 2.15. The number of nitrogens with two attached hydrogens (primary N) is 1. The zero-order valence-electron chi connectivity index (χ0n) is 10.9. The quantitative estimate of drug-likeness (QED) is 0.914. The van der Waals surface area contributed by atoms with Crippen LogP contribution in [0.25, 0.3) is 11.3 Å². The minimum Gasteiger partial charge on any atom is -0.496 e. The molecule has 0 spiro atoms. The average Bonchev–Trinajstić information content (AvgIpc) is 2.41. The van der Waals surface area contributed by atoms with Gasteiger partial charge in [-0.2, -0.15) is 4.98 Å². The highest BCUT2D eigenvalue weighted by Crippen LogP contribution is 2.30. The maximum Gasteiger partial charge on any atom is 0.347 e. The normalized spacial score (nSPS) is 10.3. The molecule has 7 heteroatoms. The number of hydrogen-bond acceptors (Lipinski definition) is 4. The van der Waals surface area contributed by atoms with E-state index in [9.17, 15) is 9.59 Å². The van der Waals surface area contributed by atoms with Crippen LogP contribution >= 0.6 is 15.9 Å². The van der Waals surface area contributed by atoms with E-state index in [1.54, 1.807) is 25.3 Å². The van der Waals surface area contributed by atoms with Crippen molar-refractivity contribution in [1.82, 2.24) is 9.55 Å². The lowest BCUT2D eigenvalue weighted by Crippen LogP contribution is -2.25. The lowest BCUT2D eigenvalue weighted by atomic mass is 10.1. The second kappa shape index (κ2) is 5.46. The maximum atomic E-state index is 11.7. The fourth-order valence-electron chi connectivity index (χ4n) is 1.76. The van der Waals surface area contributed by atoms with Crippen molar-refractivity contribution in [2.45, 2.75) is 0 Å². The number of hydrogen-bond donors (Lipinski definition) is 1. The molecule has 0 aliphatic rings. The zero-order valence-corrected chi connectivity index (χ0v) is 12.5. The van der Waals surface area contributed by atoms with E-state index >= 15 is 0 Å². The first kappa shape index (κ1) is 14.3. The number of methoxy groups -OCH3 is 1. The number of nitrogens with zero attached hydrogens (tertiary/aromatic N) is 2. The molecular formula is C13H12BrN3O3. The molecule has 2 N–H and O–H groups in total. The first-order valence-electron chi connectivity index (χ1n) is 5.65. The Bertz CT molecular complexity index is 740. The van der Waals surface area contributed by atoms with Crippen LogP contribution in [0.4, 0.5) is 0 Å². The summed E-state index contributed by atoms with van der Waals surface area (Å²) in [5, 5.41) is 0. The fourth-order valence-corrected chi connectivity index (χ4v) is 2.30. The van der Waals surface area contributed by atoms with Gasteiger partial charge in [-0.05, 0) is 34.1 Å². The highest BCUT2D eigenvalue weighted by atomic mass is 79.9. The molecule has 1 aromatic carbocycles. The van der Waals surface area contributed by atoms with Gasteiger partial charge in [0.2, 0.25) is 0 Å².